The van der Waals surface area contributed by atoms with Crippen molar-refractivity contribution < 1.29 is 4.79 Å². The molecular formula is C25H32N4O. The van der Waals surface area contributed by atoms with E-state index in [1.165, 1.54) is 16.7 Å². The van der Waals surface area contributed by atoms with Crippen LogP contribution in [0.4, 0.5) is 0 Å². The average molecular weight is 405 g/mol. The number of nitrogens with zero attached hydrogens (tertiary/aromatic N) is 2. The van der Waals surface area contributed by atoms with Crippen LogP contribution >= 0.6 is 0 Å². The lowest BCUT2D eigenvalue weighted by Gasteiger charge is -2.15. The summed E-state index contributed by atoms with van der Waals surface area (Å²) in [4.78, 5) is 12.4. The van der Waals surface area contributed by atoms with E-state index in [1.807, 2.05) is 29.8 Å². The summed E-state index contributed by atoms with van der Waals surface area (Å²) in [6.45, 7) is 9.80. The predicted molar refractivity (Wildman–Crippen MR) is 121 cm³/mol. The van der Waals surface area contributed by atoms with Gasteiger partial charge in [-0.1, -0.05) is 61.5 Å². The molecule has 1 atom stereocenters. The molecule has 0 fully saturated rings. The Hall–Kier alpha value is -2.92. The van der Waals surface area contributed by atoms with E-state index < -0.39 is 0 Å². The van der Waals surface area contributed by atoms with Crippen molar-refractivity contribution >= 4 is 5.91 Å². The zero-order valence-corrected chi connectivity index (χ0v) is 18.4. The smallest absolute Gasteiger partial charge is 0.234 e. The summed E-state index contributed by atoms with van der Waals surface area (Å²) in [5.41, 5.74) is 6.86. The fourth-order valence-electron chi connectivity index (χ4n) is 3.56. The quantitative estimate of drug-likeness (QED) is 0.565. The van der Waals surface area contributed by atoms with Crippen LogP contribution in [0.3, 0.4) is 0 Å². The van der Waals surface area contributed by atoms with Crippen molar-refractivity contribution in [3.8, 4) is 0 Å². The summed E-state index contributed by atoms with van der Waals surface area (Å²) < 4.78 is 2.01. The number of hydrogen-bond donors (Lipinski definition) is 2. The van der Waals surface area contributed by atoms with Crippen LogP contribution in [0, 0.1) is 13.8 Å². The fraction of sp³-hybridized carbons (Fsp3) is 0.360. The molecule has 3 aromatic rings. The van der Waals surface area contributed by atoms with Gasteiger partial charge in [-0.3, -0.25) is 9.48 Å². The largest absolute Gasteiger partial charge is 0.351 e. The van der Waals surface area contributed by atoms with Crippen molar-refractivity contribution in [1.82, 2.24) is 20.4 Å². The Labute approximate surface area is 179 Å². The lowest BCUT2D eigenvalue weighted by Crippen LogP contribution is -2.34. The molecule has 0 aliphatic rings. The van der Waals surface area contributed by atoms with E-state index in [-0.39, 0.29) is 18.5 Å². The van der Waals surface area contributed by atoms with Crippen molar-refractivity contribution in [2.45, 2.75) is 53.2 Å². The number of aryl methyl sites for hydroxylation is 2. The molecule has 3 rings (SSSR count). The maximum absolute atomic E-state index is 12.4. The first-order chi connectivity index (χ1) is 14.5. The zero-order valence-electron chi connectivity index (χ0n) is 18.4. The van der Waals surface area contributed by atoms with Crippen molar-refractivity contribution in [2.75, 3.05) is 6.54 Å². The molecule has 1 unspecified atom stereocenters. The van der Waals surface area contributed by atoms with Gasteiger partial charge < -0.3 is 10.6 Å². The van der Waals surface area contributed by atoms with Gasteiger partial charge in [0, 0.05) is 23.8 Å². The van der Waals surface area contributed by atoms with E-state index in [4.69, 9.17) is 0 Å². The first-order valence-electron chi connectivity index (χ1n) is 10.6. The Morgan fingerprint density at radius 1 is 1.03 bits per heavy atom. The molecule has 1 aromatic heterocycles. The number of aromatic nitrogens is 2. The van der Waals surface area contributed by atoms with Crippen LogP contribution in [0.15, 0.2) is 54.6 Å². The molecule has 5 heteroatoms. The number of benzene rings is 2. The van der Waals surface area contributed by atoms with Gasteiger partial charge in [-0.15, -0.1) is 0 Å². The monoisotopic (exact) mass is 404 g/mol. The molecule has 5 nitrogen and oxygen atoms in total. The van der Waals surface area contributed by atoms with Crippen LogP contribution in [0.5, 0.6) is 0 Å². The second-order valence-corrected chi connectivity index (χ2v) is 7.77. The van der Waals surface area contributed by atoms with E-state index in [9.17, 15) is 4.79 Å². The second-order valence-electron chi connectivity index (χ2n) is 7.77. The Balaban J connectivity index is 1.51. The zero-order chi connectivity index (χ0) is 21.5. The van der Waals surface area contributed by atoms with E-state index in [0.29, 0.717) is 6.54 Å². The third-order valence-corrected chi connectivity index (χ3v) is 5.63. The molecule has 0 bridgehead atoms. The molecule has 2 aromatic carbocycles. The molecule has 158 valence electrons. The predicted octanol–water partition coefficient (Wildman–Crippen LogP) is 4.08. The summed E-state index contributed by atoms with van der Waals surface area (Å²) in [6, 6.07) is 19.0. The molecule has 2 N–H and O–H groups in total. The second kappa shape index (κ2) is 10.2. The van der Waals surface area contributed by atoms with Gasteiger partial charge in [0.15, 0.2) is 0 Å². The third kappa shape index (κ3) is 5.57. The van der Waals surface area contributed by atoms with Crippen molar-refractivity contribution in [3.05, 3.63) is 88.2 Å². The highest BCUT2D eigenvalue weighted by atomic mass is 16.1. The topological polar surface area (TPSA) is 59.0 Å². The minimum absolute atomic E-state index is 0.0124. The lowest BCUT2D eigenvalue weighted by molar-refractivity contribution is -0.120. The van der Waals surface area contributed by atoms with Crippen molar-refractivity contribution in [3.63, 3.8) is 0 Å². The van der Waals surface area contributed by atoms with Crippen LogP contribution in [0.2, 0.25) is 0 Å². The van der Waals surface area contributed by atoms with E-state index in [2.05, 4.69) is 72.9 Å². The lowest BCUT2D eigenvalue weighted by atomic mass is 10.1. The normalized spacial score (nSPS) is 12.0. The van der Waals surface area contributed by atoms with Gasteiger partial charge in [-0.2, -0.15) is 5.10 Å². The average Bonchev–Trinajstić information content (AvgIpc) is 3.03. The highest BCUT2D eigenvalue weighted by Gasteiger charge is 2.13. The Morgan fingerprint density at radius 3 is 2.40 bits per heavy atom. The minimum atomic E-state index is -0.0124. The van der Waals surface area contributed by atoms with Crippen LogP contribution in [0.1, 0.15) is 53.5 Å². The van der Waals surface area contributed by atoms with E-state index in [1.54, 1.807) is 0 Å². The van der Waals surface area contributed by atoms with Gasteiger partial charge >= 0.3 is 0 Å². The van der Waals surface area contributed by atoms with Gasteiger partial charge in [0.25, 0.3) is 0 Å². The fourth-order valence-corrected chi connectivity index (χ4v) is 3.56. The van der Waals surface area contributed by atoms with Crippen LogP contribution in [-0.4, -0.2) is 22.2 Å². The van der Waals surface area contributed by atoms with Gasteiger partial charge in [0.1, 0.15) is 0 Å². The summed E-state index contributed by atoms with van der Waals surface area (Å²) in [6.07, 6.45) is 1.03. The standard InChI is InChI=1S/C25H32N4O/c1-5-21-11-13-23(14-12-21)18(2)26-16-25(30)27-15-24-19(3)28-29(20(24)4)17-22-9-7-6-8-10-22/h6-14,18,26H,5,15-17H2,1-4H3,(H,27,30). The van der Waals surface area contributed by atoms with E-state index >= 15 is 0 Å². The summed E-state index contributed by atoms with van der Waals surface area (Å²) in [5, 5.41) is 11.0. The first kappa shape index (κ1) is 21.8. The summed E-state index contributed by atoms with van der Waals surface area (Å²) >= 11 is 0. The van der Waals surface area contributed by atoms with Crippen molar-refractivity contribution in [1.29, 1.82) is 0 Å². The third-order valence-electron chi connectivity index (χ3n) is 5.63. The first-order valence-corrected chi connectivity index (χ1v) is 10.6. The number of carbonyl (C=O) groups excluding carboxylic acids is 1. The van der Waals surface area contributed by atoms with Gasteiger partial charge in [-0.25, -0.2) is 0 Å². The van der Waals surface area contributed by atoms with Gasteiger partial charge in [-0.05, 0) is 43.9 Å². The Morgan fingerprint density at radius 2 is 1.73 bits per heavy atom. The Kier molecular flexibility index (Phi) is 7.41. The molecule has 1 amide bonds. The molecular weight excluding hydrogens is 372 g/mol. The summed E-state index contributed by atoms with van der Waals surface area (Å²) in [5.74, 6) is -0.0124. The van der Waals surface area contributed by atoms with Crippen LogP contribution in [0.25, 0.3) is 0 Å². The maximum atomic E-state index is 12.4. The van der Waals surface area contributed by atoms with E-state index in [0.717, 1.165) is 29.9 Å². The number of nitrogens with one attached hydrogen (secondary N) is 2. The minimum Gasteiger partial charge on any atom is -0.351 e. The van der Waals surface area contributed by atoms with Crippen molar-refractivity contribution in [2.24, 2.45) is 0 Å². The molecule has 0 spiro atoms. The SMILES string of the molecule is CCc1ccc(C(C)NCC(=O)NCc2c(C)nn(Cc3ccccc3)c2C)cc1. The number of rotatable bonds is 9. The molecule has 30 heavy (non-hydrogen) atoms. The highest BCUT2D eigenvalue weighted by Crippen LogP contribution is 2.15. The number of hydrogen-bond acceptors (Lipinski definition) is 3. The van der Waals surface area contributed by atoms with Gasteiger partial charge in [0.05, 0.1) is 18.8 Å². The van der Waals surface area contributed by atoms with Crippen LogP contribution in [-0.2, 0) is 24.3 Å². The molecule has 0 saturated heterocycles. The number of carbonyl (C=O) groups is 1. The molecule has 0 saturated carbocycles. The molecule has 0 aliphatic carbocycles. The van der Waals surface area contributed by atoms with Gasteiger partial charge in [0.2, 0.25) is 5.91 Å². The highest BCUT2D eigenvalue weighted by molar-refractivity contribution is 5.78. The molecule has 0 aliphatic heterocycles. The summed E-state index contributed by atoms with van der Waals surface area (Å²) in [7, 11) is 0. The number of amides is 1. The maximum Gasteiger partial charge on any atom is 0.234 e. The Bertz CT molecular complexity index is 961. The molecule has 0 radical (unpaired) electrons. The van der Waals surface area contributed by atoms with Crippen LogP contribution < -0.4 is 10.6 Å². The molecule has 1 heterocycles.